The molecule has 3 rings (SSSR count). The van der Waals surface area contributed by atoms with E-state index in [1.165, 1.54) is 5.56 Å². The summed E-state index contributed by atoms with van der Waals surface area (Å²) in [5.74, 6) is -0.910. The Morgan fingerprint density at radius 2 is 1.76 bits per heavy atom. The number of benzene rings is 1. The molecule has 0 unspecified atom stereocenters. The fourth-order valence-corrected chi connectivity index (χ4v) is 2.73. The number of anilines is 1. The minimum absolute atomic E-state index is 0.210. The first kappa shape index (κ1) is 17.3. The summed E-state index contributed by atoms with van der Waals surface area (Å²) >= 11 is 0. The molecule has 4 nitrogen and oxygen atoms in total. The lowest BCUT2D eigenvalue weighted by Gasteiger charge is -2.13. The molecule has 7 heteroatoms. The third-order valence-electron chi connectivity index (χ3n) is 4.48. The number of aromatic amines is 1. The molecule has 25 heavy (non-hydrogen) atoms. The van der Waals surface area contributed by atoms with E-state index in [0.29, 0.717) is 17.8 Å². The number of halogens is 3. The molecule has 0 bridgehead atoms. The fraction of sp³-hybridized carbons (Fsp3) is 0.333. The monoisotopic (exact) mass is 348 g/mol. The highest BCUT2D eigenvalue weighted by atomic mass is 19.4. The number of aryl methyl sites for hydroxylation is 3. The average molecular weight is 348 g/mol. The maximum absolute atomic E-state index is 12.9. The van der Waals surface area contributed by atoms with Crippen LogP contribution in [0.25, 0.3) is 10.9 Å². The zero-order valence-corrected chi connectivity index (χ0v) is 14.5. The van der Waals surface area contributed by atoms with Crippen LogP contribution in [-0.4, -0.2) is 15.0 Å². The maximum Gasteiger partial charge on any atom is 0.451 e. The fourth-order valence-electron chi connectivity index (χ4n) is 2.73. The number of nitrogens with zero attached hydrogens (tertiary/aromatic N) is 2. The molecule has 3 aromatic rings. The number of H-pyrrole nitrogens is 1. The molecule has 0 radical (unpaired) electrons. The molecule has 1 aromatic carbocycles. The number of aromatic nitrogens is 3. The van der Waals surface area contributed by atoms with Gasteiger partial charge in [0, 0.05) is 34.4 Å². The maximum atomic E-state index is 12.9. The van der Waals surface area contributed by atoms with Crippen molar-refractivity contribution in [1.82, 2.24) is 15.0 Å². The number of hydrogen-bond acceptors (Lipinski definition) is 3. The minimum atomic E-state index is -4.56. The second-order valence-corrected chi connectivity index (χ2v) is 6.21. The van der Waals surface area contributed by atoms with Crippen LogP contribution in [0.15, 0.2) is 18.2 Å². The molecule has 0 amide bonds. The van der Waals surface area contributed by atoms with Crippen molar-refractivity contribution in [1.29, 1.82) is 0 Å². The van der Waals surface area contributed by atoms with Crippen LogP contribution in [0.4, 0.5) is 19.0 Å². The quantitative estimate of drug-likeness (QED) is 0.713. The van der Waals surface area contributed by atoms with E-state index < -0.39 is 12.0 Å². The van der Waals surface area contributed by atoms with Crippen molar-refractivity contribution in [3.05, 3.63) is 52.1 Å². The van der Waals surface area contributed by atoms with Crippen LogP contribution in [0, 0.1) is 27.7 Å². The third-order valence-corrected chi connectivity index (χ3v) is 4.48. The van der Waals surface area contributed by atoms with Gasteiger partial charge in [-0.2, -0.15) is 13.2 Å². The van der Waals surface area contributed by atoms with Gasteiger partial charge in [-0.1, -0.05) is 6.07 Å². The van der Waals surface area contributed by atoms with Crippen molar-refractivity contribution in [3.8, 4) is 0 Å². The molecule has 0 aliphatic heterocycles. The normalized spacial score (nSPS) is 12.0. The lowest BCUT2D eigenvalue weighted by Crippen LogP contribution is -2.15. The third kappa shape index (κ3) is 3.31. The van der Waals surface area contributed by atoms with E-state index in [0.717, 1.165) is 22.2 Å². The molecule has 0 atom stereocenters. The van der Waals surface area contributed by atoms with Gasteiger partial charge in [-0.15, -0.1) is 0 Å². The zero-order valence-electron chi connectivity index (χ0n) is 14.5. The Kier molecular flexibility index (Phi) is 4.18. The number of rotatable bonds is 3. The smallest absolute Gasteiger partial charge is 0.366 e. The number of nitrogens with one attached hydrogen (secondary N) is 2. The first-order valence-corrected chi connectivity index (χ1v) is 7.91. The first-order valence-electron chi connectivity index (χ1n) is 7.91. The predicted octanol–water partition coefficient (Wildman–Crippen LogP) is 4.82. The minimum Gasteiger partial charge on any atom is -0.366 e. The zero-order chi connectivity index (χ0) is 18.4. The van der Waals surface area contributed by atoms with Gasteiger partial charge in [0.15, 0.2) is 0 Å². The summed E-state index contributed by atoms with van der Waals surface area (Å²) in [5, 5.41) is 4.13. The summed E-state index contributed by atoms with van der Waals surface area (Å²) in [7, 11) is 0. The second kappa shape index (κ2) is 6.06. The molecule has 0 aliphatic rings. The number of fused-ring (bicyclic) bond motifs is 1. The van der Waals surface area contributed by atoms with Crippen LogP contribution >= 0.6 is 0 Å². The summed E-state index contributed by atoms with van der Waals surface area (Å²) in [6.07, 6.45) is -4.56. The molecule has 132 valence electrons. The van der Waals surface area contributed by atoms with Crippen molar-refractivity contribution < 1.29 is 13.2 Å². The van der Waals surface area contributed by atoms with Crippen LogP contribution in [0.2, 0.25) is 0 Å². The van der Waals surface area contributed by atoms with E-state index in [9.17, 15) is 13.2 Å². The van der Waals surface area contributed by atoms with Crippen LogP contribution in [-0.2, 0) is 12.7 Å². The summed E-state index contributed by atoms with van der Waals surface area (Å²) in [5.41, 5.74) is 5.23. The van der Waals surface area contributed by atoms with Crippen molar-refractivity contribution in [2.45, 2.75) is 40.4 Å². The Morgan fingerprint density at radius 1 is 1.04 bits per heavy atom. The number of alkyl halides is 3. The van der Waals surface area contributed by atoms with Gasteiger partial charge in [-0.25, -0.2) is 9.97 Å². The van der Waals surface area contributed by atoms with E-state index in [-0.39, 0.29) is 5.82 Å². The molecular formula is C18H19F3N4. The van der Waals surface area contributed by atoms with Gasteiger partial charge in [-0.3, -0.25) is 0 Å². The van der Waals surface area contributed by atoms with E-state index in [4.69, 9.17) is 0 Å². The lowest BCUT2D eigenvalue weighted by molar-refractivity contribution is -0.145. The van der Waals surface area contributed by atoms with Crippen LogP contribution < -0.4 is 5.32 Å². The van der Waals surface area contributed by atoms with Crippen LogP contribution in [0.1, 0.15) is 33.9 Å². The highest BCUT2D eigenvalue weighted by Crippen LogP contribution is 2.29. The molecule has 0 spiro atoms. The molecule has 0 aliphatic carbocycles. The van der Waals surface area contributed by atoms with E-state index in [1.807, 2.05) is 32.0 Å². The summed E-state index contributed by atoms with van der Waals surface area (Å²) in [6, 6.07) is 5.96. The molecular weight excluding hydrogens is 329 g/mol. The van der Waals surface area contributed by atoms with Gasteiger partial charge in [0.1, 0.15) is 5.82 Å². The van der Waals surface area contributed by atoms with Crippen LogP contribution in [0.3, 0.4) is 0 Å². The van der Waals surface area contributed by atoms with E-state index in [2.05, 4.69) is 20.3 Å². The Balaban J connectivity index is 1.88. The van der Waals surface area contributed by atoms with E-state index in [1.54, 1.807) is 13.8 Å². The molecule has 0 saturated carbocycles. The van der Waals surface area contributed by atoms with Gasteiger partial charge >= 0.3 is 6.18 Å². The largest absolute Gasteiger partial charge is 0.451 e. The molecule has 2 heterocycles. The SMILES string of the molecule is Cc1nc(C(F)(F)F)nc(NCc2ccc3[nH]c(C)c(C)c3c2)c1C. The Morgan fingerprint density at radius 3 is 2.44 bits per heavy atom. The first-order chi connectivity index (χ1) is 11.7. The summed E-state index contributed by atoms with van der Waals surface area (Å²) in [6.45, 7) is 7.70. The number of hydrogen-bond donors (Lipinski definition) is 2. The molecule has 2 aromatic heterocycles. The lowest BCUT2D eigenvalue weighted by atomic mass is 10.1. The Bertz CT molecular complexity index is 942. The molecule has 2 N–H and O–H groups in total. The average Bonchev–Trinajstić information content (AvgIpc) is 2.82. The van der Waals surface area contributed by atoms with Gasteiger partial charge < -0.3 is 10.3 Å². The Hall–Kier alpha value is -2.57. The van der Waals surface area contributed by atoms with Gasteiger partial charge in [-0.05, 0) is 51.0 Å². The molecule has 0 saturated heterocycles. The van der Waals surface area contributed by atoms with Crippen LogP contribution in [0.5, 0.6) is 0 Å². The second-order valence-electron chi connectivity index (χ2n) is 6.21. The topological polar surface area (TPSA) is 53.6 Å². The van der Waals surface area contributed by atoms with E-state index >= 15 is 0 Å². The highest BCUT2D eigenvalue weighted by Gasteiger charge is 2.35. The van der Waals surface area contributed by atoms with Crippen molar-refractivity contribution in [3.63, 3.8) is 0 Å². The standard InChI is InChI=1S/C18H19F3N4/c1-9-11(3)23-15-6-5-13(7-14(9)15)8-22-16-10(2)12(4)24-17(25-16)18(19,20)21/h5-7,23H,8H2,1-4H3,(H,22,24,25). The van der Waals surface area contributed by atoms with Crippen molar-refractivity contribution in [2.24, 2.45) is 0 Å². The van der Waals surface area contributed by atoms with Gasteiger partial charge in [0.25, 0.3) is 0 Å². The summed E-state index contributed by atoms with van der Waals surface area (Å²) < 4.78 is 38.7. The van der Waals surface area contributed by atoms with Crippen molar-refractivity contribution in [2.75, 3.05) is 5.32 Å². The van der Waals surface area contributed by atoms with Gasteiger partial charge in [0.05, 0.1) is 0 Å². The Labute approximate surface area is 143 Å². The molecule has 0 fully saturated rings. The summed E-state index contributed by atoms with van der Waals surface area (Å²) in [4.78, 5) is 10.5. The van der Waals surface area contributed by atoms with Gasteiger partial charge in [0.2, 0.25) is 5.82 Å². The highest BCUT2D eigenvalue weighted by molar-refractivity contribution is 5.85. The van der Waals surface area contributed by atoms with Crippen molar-refractivity contribution >= 4 is 16.7 Å². The predicted molar refractivity (Wildman–Crippen MR) is 91.6 cm³/mol.